The van der Waals surface area contributed by atoms with Crippen LogP contribution in [-0.4, -0.2) is 28.6 Å². The van der Waals surface area contributed by atoms with Crippen LogP contribution in [0.3, 0.4) is 0 Å². The maximum absolute atomic E-state index is 12.7. The Bertz CT molecular complexity index is 971. The van der Waals surface area contributed by atoms with Crippen LogP contribution in [0.5, 0.6) is 0 Å². The third-order valence-corrected chi connectivity index (χ3v) is 5.61. The zero-order valence-corrected chi connectivity index (χ0v) is 16.8. The molecular weight excluding hydrogens is 396 g/mol. The Labute approximate surface area is 172 Å². The fourth-order valence-corrected chi connectivity index (χ4v) is 3.81. The number of halogens is 1. The van der Waals surface area contributed by atoms with Crippen LogP contribution in [0.1, 0.15) is 22.2 Å². The van der Waals surface area contributed by atoms with E-state index in [1.165, 1.54) is 0 Å². The number of carbonyl (C=O) groups is 2. The minimum atomic E-state index is -1.08. The van der Waals surface area contributed by atoms with Crippen LogP contribution in [0, 0.1) is 0 Å². The predicted molar refractivity (Wildman–Crippen MR) is 113 cm³/mol. The molecule has 0 unspecified atom stereocenters. The van der Waals surface area contributed by atoms with Crippen LogP contribution >= 0.6 is 22.9 Å². The van der Waals surface area contributed by atoms with E-state index in [2.05, 4.69) is 5.32 Å². The van der Waals surface area contributed by atoms with Crippen LogP contribution in [0.25, 0.3) is 10.4 Å². The molecule has 0 radical (unpaired) electrons. The molecule has 0 bridgehead atoms. The molecule has 0 atom stereocenters. The van der Waals surface area contributed by atoms with Gasteiger partial charge >= 0.3 is 12.0 Å². The van der Waals surface area contributed by atoms with E-state index < -0.39 is 5.97 Å². The van der Waals surface area contributed by atoms with E-state index in [1.54, 1.807) is 23.1 Å². The van der Waals surface area contributed by atoms with Crippen molar-refractivity contribution in [2.75, 3.05) is 11.9 Å². The Kier molecular flexibility index (Phi) is 6.34. The summed E-state index contributed by atoms with van der Waals surface area (Å²) in [5.41, 5.74) is 2.14. The zero-order chi connectivity index (χ0) is 20.1. The molecule has 3 rings (SSSR count). The van der Waals surface area contributed by atoms with Crippen molar-refractivity contribution in [2.24, 2.45) is 0 Å². The van der Waals surface area contributed by atoms with Crippen molar-refractivity contribution in [3.05, 3.63) is 76.1 Å². The van der Waals surface area contributed by atoms with Crippen LogP contribution in [0.15, 0.2) is 60.7 Å². The Morgan fingerprint density at radius 1 is 1.11 bits per heavy atom. The Balaban J connectivity index is 1.82. The van der Waals surface area contributed by atoms with E-state index in [-0.39, 0.29) is 10.9 Å². The maximum atomic E-state index is 12.7. The molecule has 28 heavy (non-hydrogen) atoms. The molecule has 2 N–H and O–H groups in total. The summed E-state index contributed by atoms with van der Waals surface area (Å²) in [7, 11) is 0. The fraction of sp³-hybridized carbons (Fsp3) is 0.143. The van der Waals surface area contributed by atoms with E-state index >= 15 is 0 Å². The fourth-order valence-electron chi connectivity index (χ4n) is 2.72. The highest BCUT2D eigenvalue weighted by Gasteiger charge is 2.20. The van der Waals surface area contributed by atoms with Crippen molar-refractivity contribution < 1.29 is 14.7 Å². The van der Waals surface area contributed by atoms with Crippen molar-refractivity contribution in [3.63, 3.8) is 0 Å². The number of aromatic carboxylic acids is 1. The van der Waals surface area contributed by atoms with Crippen LogP contribution < -0.4 is 5.32 Å². The molecule has 0 saturated heterocycles. The predicted octanol–water partition coefficient (Wildman–Crippen LogP) is 5.82. The first-order valence-electron chi connectivity index (χ1n) is 8.71. The number of rotatable bonds is 6. The summed E-state index contributed by atoms with van der Waals surface area (Å²) in [6.07, 6.45) is 0. The zero-order valence-electron chi connectivity index (χ0n) is 15.2. The number of urea groups is 1. The summed E-state index contributed by atoms with van der Waals surface area (Å²) in [5.74, 6) is -1.08. The molecule has 0 saturated carbocycles. The van der Waals surface area contributed by atoms with E-state index in [9.17, 15) is 14.7 Å². The smallest absolute Gasteiger partial charge is 0.348 e. The summed E-state index contributed by atoms with van der Waals surface area (Å²) >= 11 is 7.03. The van der Waals surface area contributed by atoms with Crippen molar-refractivity contribution >= 4 is 40.6 Å². The second-order valence-electron chi connectivity index (χ2n) is 6.10. The van der Waals surface area contributed by atoms with Gasteiger partial charge in [-0.3, -0.25) is 0 Å². The van der Waals surface area contributed by atoms with Crippen molar-refractivity contribution in [1.29, 1.82) is 0 Å². The average Bonchev–Trinajstić information content (AvgIpc) is 3.11. The van der Waals surface area contributed by atoms with Gasteiger partial charge in [0.05, 0.1) is 5.69 Å². The molecule has 7 heteroatoms. The normalized spacial score (nSPS) is 10.5. The molecule has 3 aromatic rings. The lowest BCUT2D eigenvalue weighted by Crippen LogP contribution is -2.34. The number of amides is 2. The number of nitrogens with zero attached hydrogens (tertiary/aromatic N) is 1. The molecule has 1 heterocycles. The van der Waals surface area contributed by atoms with Gasteiger partial charge in [-0.05, 0) is 36.2 Å². The minimum Gasteiger partial charge on any atom is -0.477 e. The molecule has 0 fully saturated rings. The quantitative estimate of drug-likeness (QED) is 0.533. The van der Waals surface area contributed by atoms with Gasteiger partial charge in [0.15, 0.2) is 0 Å². The van der Waals surface area contributed by atoms with Gasteiger partial charge in [0, 0.05) is 23.0 Å². The monoisotopic (exact) mass is 414 g/mol. The largest absolute Gasteiger partial charge is 0.477 e. The van der Waals surface area contributed by atoms with Crippen molar-refractivity contribution in [3.8, 4) is 10.4 Å². The van der Waals surface area contributed by atoms with Gasteiger partial charge in [-0.2, -0.15) is 0 Å². The molecule has 2 amide bonds. The third-order valence-electron chi connectivity index (χ3n) is 4.18. The summed E-state index contributed by atoms with van der Waals surface area (Å²) in [6, 6.07) is 18.1. The highest BCUT2D eigenvalue weighted by molar-refractivity contribution is 7.18. The van der Waals surface area contributed by atoms with Crippen LogP contribution in [-0.2, 0) is 6.54 Å². The van der Waals surface area contributed by atoms with E-state index in [0.29, 0.717) is 23.8 Å². The highest BCUT2D eigenvalue weighted by Crippen LogP contribution is 2.35. The van der Waals surface area contributed by atoms with E-state index in [4.69, 9.17) is 11.6 Å². The summed E-state index contributed by atoms with van der Waals surface area (Å²) < 4.78 is 0. The number of carboxylic acid groups (broad SMARTS) is 1. The van der Waals surface area contributed by atoms with Gasteiger partial charge in [-0.1, -0.05) is 54.1 Å². The van der Waals surface area contributed by atoms with E-state index in [1.807, 2.05) is 49.4 Å². The Morgan fingerprint density at radius 3 is 2.39 bits per heavy atom. The summed E-state index contributed by atoms with van der Waals surface area (Å²) in [4.78, 5) is 26.8. The summed E-state index contributed by atoms with van der Waals surface area (Å²) in [6.45, 7) is 2.82. The SMILES string of the molecule is CCN(Cc1ccccc1)C(=O)Nc1cc(-c2ccc(Cl)cc2)sc1C(=O)O. The van der Waals surface area contributed by atoms with Crippen molar-refractivity contribution in [1.82, 2.24) is 4.90 Å². The molecule has 0 aliphatic rings. The number of nitrogens with one attached hydrogen (secondary N) is 1. The number of carbonyl (C=O) groups excluding carboxylic acids is 1. The van der Waals surface area contributed by atoms with Crippen LogP contribution in [0.2, 0.25) is 5.02 Å². The van der Waals surface area contributed by atoms with Gasteiger partial charge in [0.1, 0.15) is 4.88 Å². The highest BCUT2D eigenvalue weighted by atomic mass is 35.5. The molecular formula is C21H19ClN2O3S. The maximum Gasteiger partial charge on any atom is 0.348 e. The third kappa shape index (κ3) is 4.71. The van der Waals surface area contributed by atoms with Gasteiger partial charge < -0.3 is 15.3 Å². The molecule has 2 aromatic carbocycles. The van der Waals surface area contributed by atoms with Gasteiger partial charge in [-0.25, -0.2) is 9.59 Å². The second-order valence-corrected chi connectivity index (χ2v) is 7.58. The molecule has 0 spiro atoms. The number of anilines is 1. The topological polar surface area (TPSA) is 69.6 Å². The number of hydrogen-bond donors (Lipinski definition) is 2. The summed E-state index contributed by atoms with van der Waals surface area (Å²) in [5, 5.41) is 12.9. The Morgan fingerprint density at radius 2 is 1.79 bits per heavy atom. The number of carboxylic acids is 1. The lowest BCUT2D eigenvalue weighted by molar-refractivity contribution is 0.0703. The lowest BCUT2D eigenvalue weighted by Gasteiger charge is -2.21. The number of benzene rings is 2. The average molecular weight is 415 g/mol. The lowest BCUT2D eigenvalue weighted by atomic mass is 10.2. The van der Waals surface area contributed by atoms with Gasteiger partial charge in [0.2, 0.25) is 0 Å². The van der Waals surface area contributed by atoms with Crippen molar-refractivity contribution in [2.45, 2.75) is 13.5 Å². The van der Waals surface area contributed by atoms with E-state index in [0.717, 1.165) is 27.3 Å². The number of hydrogen-bond acceptors (Lipinski definition) is 3. The van der Waals surface area contributed by atoms with Gasteiger partial charge in [-0.15, -0.1) is 11.3 Å². The number of thiophene rings is 1. The molecule has 5 nitrogen and oxygen atoms in total. The first-order valence-corrected chi connectivity index (χ1v) is 9.90. The Hall–Kier alpha value is -2.83. The first kappa shape index (κ1) is 19.9. The second kappa shape index (κ2) is 8.91. The molecule has 144 valence electrons. The first-order chi connectivity index (χ1) is 13.5. The minimum absolute atomic E-state index is 0.0917. The molecule has 1 aromatic heterocycles. The molecule has 0 aliphatic heterocycles. The standard InChI is InChI=1S/C21H19ClN2O3S/c1-2-24(13-14-6-4-3-5-7-14)21(27)23-17-12-18(28-19(17)20(25)26)15-8-10-16(22)11-9-15/h3-12H,2,13H2,1H3,(H,23,27)(H,25,26). The molecule has 0 aliphatic carbocycles. The van der Waals surface area contributed by atoms with Gasteiger partial charge in [0.25, 0.3) is 0 Å². The van der Waals surface area contributed by atoms with Crippen LogP contribution in [0.4, 0.5) is 10.5 Å².